The van der Waals surface area contributed by atoms with Crippen molar-refractivity contribution in [3.8, 4) is 0 Å². The Morgan fingerprint density at radius 2 is 1.60 bits per heavy atom. The molecule has 3 rings (SSSR count). The van der Waals surface area contributed by atoms with E-state index in [-0.39, 0.29) is 29.3 Å². The fourth-order valence-corrected chi connectivity index (χ4v) is 4.74. The first-order valence-electron chi connectivity index (χ1n) is 11.9. The van der Waals surface area contributed by atoms with Crippen LogP contribution in [0.15, 0.2) is 54.6 Å². The minimum Gasteiger partial charge on any atom is -0.396 e. The molecule has 0 aromatic heterocycles. The fraction of sp³-hybridized carbons (Fsp3) is 0.519. The zero-order valence-electron chi connectivity index (χ0n) is 21.4. The summed E-state index contributed by atoms with van der Waals surface area (Å²) in [4.78, 5) is 14.4. The largest absolute Gasteiger partial charge is 0.396 e. The maximum Gasteiger partial charge on any atom is 0.249 e. The van der Waals surface area contributed by atoms with Crippen LogP contribution in [0.25, 0.3) is 0 Å². The number of halogens is 2. The van der Waals surface area contributed by atoms with Gasteiger partial charge in [-0.1, -0.05) is 67.4 Å². The highest BCUT2D eigenvalue weighted by Crippen LogP contribution is 2.30. The van der Waals surface area contributed by atoms with E-state index in [9.17, 15) is 9.00 Å². The van der Waals surface area contributed by atoms with Crippen molar-refractivity contribution in [2.24, 2.45) is 0 Å². The van der Waals surface area contributed by atoms with Gasteiger partial charge in [-0.05, 0) is 63.4 Å². The van der Waals surface area contributed by atoms with Crippen molar-refractivity contribution in [3.05, 3.63) is 70.2 Å². The second kappa shape index (κ2) is 16.3. The Bertz CT molecular complexity index is 886. The molecule has 1 heterocycles. The first kappa shape index (κ1) is 31.6. The van der Waals surface area contributed by atoms with Gasteiger partial charge in [0, 0.05) is 44.0 Å². The average molecular weight is 545 g/mol. The van der Waals surface area contributed by atoms with Crippen LogP contribution in [0, 0.1) is 0 Å². The molecule has 0 aliphatic carbocycles. The Balaban J connectivity index is 0.000000458. The first-order valence-corrected chi connectivity index (χ1v) is 14.0. The minimum absolute atomic E-state index is 0.0426. The number of ether oxygens (including phenoxy) is 1. The van der Waals surface area contributed by atoms with Gasteiger partial charge in [0.1, 0.15) is 6.61 Å². The summed E-state index contributed by atoms with van der Waals surface area (Å²) in [6.07, 6.45) is 1.64. The Morgan fingerprint density at radius 1 is 1.06 bits per heavy atom. The second-order valence-corrected chi connectivity index (χ2v) is 12.2. The third kappa shape index (κ3) is 11.4. The van der Waals surface area contributed by atoms with Gasteiger partial charge in [-0.15, -0.1) is 0 Å². The molecule has 196 valence electrons. The van der Waals surface area contributed by atoms with Crippen molar-refractivity contribution >= 4 is 39.9 Å². The number of benzene rings is 2. The van der Waals surface area contributed by atoms with Gasteiger partial charge < -0.3 is 14.7 Å². The number of aliphatic hydroxyl groups is 1. The van der Waals surface area contributed by atoms with E-state index in [0.717, 1.165) is 23.4 Å². The van der Waals surface area contributed by atoms with E-state index in [0.29, 0.717) is 24.0 Å². The molecule has 2 aromatic carbocycles. The van der Waals surface area contributed by atoms with E-state index >= 15 is 0 Å². The zero-order chi connectivity index (χ0) is 26.4. The lowest BCUT2D eigenvalue weighted by atomic mass is 10.0. The van der Waals surface area contributed by atoms with Crippen molar-refractivity contribution in [2.75, 3.05) is 25.6 Å². The summed E-state index contributed by atoms with van der Waals surface area (Å²) >= 11 is 11.5. The van der Waals surface area contributed by atoms with Gasteiger partial charge in [-0.2, -0.15) is 0 Å². The molecule has 8 heteroatoms. The van der Waals surface area contributed by atoms with E-state index in [2.05, 4.69) is 0 Å². The summed E-state index contributed by atoms with van der Waals surface area (Å²) in [6.45, 7) is 10.7. The molecule has 1 amide bonds. The maximum atomic E-state index is 12.6. The Morgan fingerprint density at radius 3 is 2.03 bits per heavy atom. The Labute approximate surface area is 223 Å². The molecule has 5 nitrogen and oxygen atoms in total. The Kier molecular flexibility index (Phi) is 14.7. The number of morpholine rings is 1. The number of hydrogen-bond donors (Lipinski definition) is 1. The summed E-state index contributed by atoms with van der Waals surface area (Å²) in [5, 5.41) is 9.33. The van der Waals surface area contributed by atoms with Crippen LogP contribution in [0.4, 0.5) is 0 Å². The topological polar surface area (TPSA) is 66.8 Å². The van der Waals surface area contributed by atoms with E-state index in [1.165, 1.54) is 0 Å². The molecule has 1 aliphatic rings. The van der Waals surface area contributed by atoms with Crippen molar-refractivity contribution in [1.82, 2.24) is 4.90 Å². The highest BCUT2D eigenvalue weighted by molar-refractivity contribution is 7.86. The molecule has 2 aromatic rings. The van der Waals surface area contributed by atoms with Crippen LogP contribution in [0.5, 0.6) is 0 Å². The lowest BCUT2D eigenvalue weighted by Gasteiger charge is -2.41. The molecule has 0 saturated carbocycles. The summed E-state index contributed by atoms with van der Waals surface area (Å²) in [7, 11) is -1.01. The number of nitrogens with zero attached hydrogens (tertiary/aromatic N) is 1. The summed E-state index contributed by atoms with van der Waals surface area (Å²) in [5.41, 5.74) is 0.993. The monoisotopic (exact) mass is 543 g/mol. The predicted molar refractivity (Wildman–Crippen MR) is 148 cm³/mol. The third-order valence-electron chi connectivity index (χ3n) is 5.23. The van der Waals surface area contributed by atoms with Gasteiger partial charge in [0.2, 0.25) is 5.91 Å². The number of amides is 1. The normalized spacial score (nSPS) is 17.4. The lowest BCUT2D eigenvalue weighted by Crippen LogP contribution is -2.52. The zero-order valence-corrected chi connectivity index (χ0v) is 23.7. The molecule has 1 fully saturated rings. The van der Waals surface area contributed by atoms with Gasteiger partial charge in [0.15, 0.2) is 0 Å². The smallest absolute Gasteiger partial charge is 0.249 e. The molecular weight excluding hydrogens is 505 g/mol. The van der Waals surface area contributed by atoms with Gasteiger partial charge in [-0.25, -0.2) is 0 Å². The van der Waals surface area contributed by atoms with Crippen LogP contribution < -0.4 is 0 Å². The molecule has 35 heavy (non-hydrogen) atoms. The Hall–Kier alpha value is -1.44. The molecule has 3 atom stereocenters. The number of hydrogen-bond acceptors (Lipinski definition) is 4. The minimum atomic E-state index is -1.01. The lowest BCUT2D eigenvalue weighted by molar-refractivity contribution is -0.151. The van der Waals surface area contributed by atoms with E-state index in [1.807, 2.05) is 94.1 Å². The first-order chi connectivity index (χ1) is 16.5. The fourth-order valence-electron chi connectivity index (χ4n) is 3.22. The molecule has 1 aliphatic heterocycles. The molecule has 0 radical (unpaired) electrons. The SMILES string of the molecule is CCCO.CC[C@@H](CS(=O)C(C)(C)C)N1C(=O)COCC1c1ccc(Cl)cc1.Clc1ccccc1. The van der Waals surface area contributed by atoms with Gasteiger partial charge >= 0.3 is 0 Å². The van der Waals surface area contributed by atoms with Crippen LogP contribution >= 0.6 is 23.2 Å². The van der Waals surface area contributed by atoms with E-state index < -0.39 is 10.8 Å². The van der Waals surface area contributed by atoms with Gasteiger partial charge in [-0.3, -0.25) is 9.00 Å². The van der Waals surface area contributed by atoms with Gasteiger partial charge in [0.25, 0.3) is 0 Å². The van der Waals surface area contributed by atoms with Crippen LogP contribution in [0.2, 0.25) is 10.0 Å². The number of rotatable bonds is 6. The average Bonchev–Trinajstić information content (AvgIpc) is 2.83. The molecule has 0 bridgehead atoms. The number of carbonyl (C=O) groups excluding carboxylic acids is 1. The van der Waals surface area contributed by atoms with E-state index in [1.54, 1.807) is 0 Å². The van der Waals surface area contributed by atoms with Crippen LogP contribution in [0.3, 0.4) is 0 Å². The summed E-state index contributed by atoms with van der Waals surface area (Å²) < 4.78 is 17.8. The van der Waals surface area contributed by atoms with Crippen LogP contribution in [-0.4, -0.2) is 56.5 Å². The quantitative estimate of drug-likeness (QED) is 0.464. The van der Waals surface area contributed by atoms with Crippen molar-refractivity contribution in [2.45, 2.75) is 64.3 Å². The maximum absolute atomic E-state index is 12.6. The van der Waals surface area contributed by atoms with Crippen molar-refractivity contribution in [1.29, 1.82) is 0 Å². The number of carbonyl (C=O) groups is 1. The number of aliphatic hydroxyl groups excluding tert-OH is 1. The highest BCUT2D eigenvalue weighted by Gasteiger charge is 2.36. The summed E-state index contributed by atoms with van der Waals surface area (Å²) in [5.74, 6) is 0.439. The predicted octanol–water partition coefficient (Wildman–Crippen LogP) is 6.29. The second-order valence-electron chi connectivity index (χ2n) is 9.09. The van der Waals surface area contributed by atoms with Crippen molar-refractivity contribution < 1.29 is 18.8 Å². The van der Waals surface area contributed by atoms with E-state index in [4.69, 9.17) is 33.0 Å². The van der Waals surface area contributed by atoms with Crippen LogP contribution in [-0.2, 0) is 20.3 Å². The standard InChI is InChI=1S/C18H26ClNO3S.C6H5Cl.C3H8O/c1-5-15(12-24(22)18(2,3)4)20-16(10-23-11-17(20)21)13-6-8-14(19)9-7-13;7-6-4-2-1-3-5-6;1-2-3-4/h6-9,15-16H,5,10-12H2,1-4H3;1-5H;4H,2-3H2,1H3/t15-,16?,24?;;/m0../s1. The van der Waals surface area contributed by atoms with Crippen molar-refractivity contribution in [3.63, 3.8) is 0 Å². The van der Waals surface area contributed by atoms with Crippen LogP contribution in [0.1, 0.15) is 59.1 Å². The molecule has 0 spiro atoms. The molecular formula is C27H39Cl2NO4S. The molecule has 1 saturated heterocycles. The molecule has 1 N–H and O–H groups in total. The van der Waals surface area contributed by atoms with Gasteiger partial charge in [0.05, 0.1) is 12.6 Å². The molecule has 2 unspecified atom stereocenters. The third-order valence-corrected chi connectivity index (χ3v) is 7.79. The summed E-state index contributed by atoms with van der Waals surface area (Å²) in [6, 6.07) is 16.7. The highest BCUT2D eigenvalue weighted by atomic mass is 35.5.